The second-order valence-electron chi connectivity index (χ2n) is 7.11. The molecule has 0 aliphatic carbocycles. The van der Waals surface area contributed by atoms with Gasteiger partial charge in [0.1, 0.15) is 17.5 Å². The van der Waals surface area contributed by atoms with E-state index in [9.17, 15) is 19.2 Å². The van der Waals surface area contributed by atoms with Gasteiger partial charge in [-0.1, -0.05) is 26.0 Å². The minimum atomic E-state index is -0.987. The molecule has 0 aliphatic heterocycles. The summed E-state index contributed by atoms with van der Waals surface area (Å²) in [6.45, 7) is 5.01. The largest absolute Gasteiger partial charge is 0.493 e. The fourth-order valence-electron chi connectivity index (χ4n) is 2.80. The van der Waals surface area contributed by atoms with Crippen LogP contribution in [0.3, 0.4) is 0 Å². The molecule has 0 fully saturated rings. The molecular weight excluding hydrogens is 402 g/mol. The molecule has 0 unspecified atom stereocenters. The van der Waals surface area contributed by atoms with Gasteiger partial charge >= 0.3 is 5.97 Å². The first-order valence-corrected chi connectivity index (χ1v) is 9.89. The number of esters is 1. The average Bonchev–Trinajstić information content (AvgIpc) is 3.16. The van der Waals surface area contributed by atoms with E-state index in [0.717, 1.165) is 0 Å². The number of carbonyl (C=O) groups excluding carboxylic acids is 4. The summed E-state index contributed by atoms with van der Waals surface area (Å²) < 4.78 is 12.0. The van der Waals surface area contributed by atoms with Crippen LogP contribution in [0, 0.1) is 5.92 Å². The van der Waals surface area contributed by atoms with E-state index in [-0.39, 0.29) is 11.5 Å². The highest BCUT2D eigenvalue weighted by molar-refractivity contribution is 6.04. The third-order valence-electron chi connectivity index (χ3n) is 4.41. The van der Waals surface area contributed by atoms with Crippen molar-refractivity contribution < 1.29 is 28.7 Å². The van der Waals surface area contributed by atoms with Crippen LogP contribution in [0.2, 0.25) is 0 Å². The minimum Gasteiger partial charge on any atom is -0.493 e. The van der Waals surface area contributed by atoms with Gasteiger partial charge in [0, 0.05) is 13.2 Å². The third-order valence-corrected chi connectivity index (χ3v) is 4.41. The molecule has 0 spiro atoms. The summed E-state index contributed by atoms with van der Waals surface area (Å²) in [5.41, 5.74) is 0.577. The first-order valence-electron chi connectivity index (χ1n) is 9.89. The van der Waals surface area contributed by atoms with Crippen molar-refractivity contribution in [1.29, 1.82) is 0 Å². The Morgan fingerprint density at radius 3 is 2.35 bits per heavy atom. The van der Waals surface area contributed by atoms with Crippen molar-refractivity contribution in [3.05, 3.63) is 53.9 Å². The summed E-state index contributed by atoms with van der Waals surface area (Å²) >= 11 is 0. The quantitative estimate of drug-likeness (QED) is 0.586. The summed E-state index contributed by atoms with van der Waals surface area (Å²) in [6, 6.07) is 8.91. The van der Waals surface area contributed by atoms with Gasteiger partial charge < -0.3 is 19.4 Å². The molecule has 0 saturated heterocycles. The van der Waals surface area contributed by atoms with E-state index in [1.807, 2.05) is 0 Å². The molecule has 3 amide bonds. The highest BCUT2D eigenvalue weighted by atomic mass is 16.5. The number of ether oxygens (including phenoxy) is 2. The van der Waals surface area contributed by atoms with Crippen LogP contribution in [0.4, 0.5) is 0 Å². The molecule has 166 valence electrons. The second-order valence-corrected chi connectivity index (χ2v) is 7.11. The maximum atomic E-state index is 12.7. The van der Waals surface area contributed by atoms with Gasteiger partial charge in [-0.05, 0) is 37.1 Å². The Bertz CT molecular complexity index is 950. The van der Waals surface area contributed by atoms with Crippen LogP contribution in [-0.4, -0.2) is 47.5 Å². The first-order chi connectivity index (χ1) is 14.7. The smallest absolute Gasteiger partial charge is 0.329 e. The summed E-state index contributed by atoms with van der Waals surface area (Å²) in [5.74, 6) is -2.55. The van der Waals surface area contributed by atoms with Crippen molar-refractivity contribution >= 4 is 23.7 Å². The molecule has 1 aromatic heterocycles. The van der Waals surface area contributed by atoms with Crippen LogP contribution in [0.5, 0.6) is 5.75 Å². The Kier molecular flexibility index (Phi) is 8.36. The van der Waals surface area contributed by atoms with Crippen LogP contribution in [0.15, 0.2) is 42.6 Å². The molecule has 9 heteroatoms. The molecule has 9 nitrogen and oxygen atoms in total. The fraction of sp³-hybridized carbons (Fsp3) is 0.364. The van der Waals surface area contributed by atoms with E-state index >= 15 is 0 Å². The SMILES string of the molecule is CCOc1ccccc1C(=O)N[C@H](C(=O)OCC(=O)NC(=O)c1cccn1C)C(C)C. The predicted molar refractivity (Wildman–Crippen MR) is 113 cm³/mol. The normalized spacial score (nSPS) is 11.5. The number of imide groups is 1. The zero-order chi connectivity index (χ0) is 23.0. The van der Waals surface area contributed by atoms with Crippen LogP contribution < -0.4 is 15.4 Å². The van der Waals surface area contributed by atoms with Crippen molar-refractivity contribution in [2.24, 2.45) is 13.0 Å². The number of benzene rings is 1. The van der Waals surface area contributed by atoms with E-state index in [0.29, 0.717) is 18.1 Å². The maximum absolute atomic E-state index is 12.7. The van der Waals surface area contributed by atoms with Crippen LogP contribution in [-0.2, 0) is 21.4 Å². The van der Waals surface area contributed by atoms with Gasteiger partial charge in [0.15, 0.2) is 6.61 Å². The zero-order valence-electron chi connectivity index (χ0n) is 18.0. The number of nitrogens with one attached hydrogen (secondary N) is 2. The van der Waals surface area contributed by atoms with Crippen molar-refractivity contribution in [2.75, 3.05) is 13.2 Å². The number of nitrogens with zero attached hydrogens (tertiary/aromatic N) is 1. The van der Waals surface area contributed by atoms with Crippen molar-refractivity contribution in [3.63, 3.8) is 0 Å². The van der Waals surface area contributed by atoms with Gasteiger partial charge in [-0.15, -0.1) is 0 Å². The number of aromatic nitrogens is 1. The van der Waals surface area contributed by atoms with E-state index in [1.165, 1.54) is 0 Å². The fourth-order valence-corrected chi connectivity index (χ4v) is 2.80. The second kappa shape index (κ2) is 11.0. The van der Waals surface area contributed by atoms with Crippen molar-refractivity contribution in [1.82, 2.24) is 15.2 Å². The molecule has 0 bridgehead atoms. The van der Waals surface area contributed by atoms with E-state index in [1.54, 1.807) is 75.0 Å². The third kappa shape index (κ3) is 6.43. The number of carbonyl (C=O) groups is 4. The van der Waals surface area contributed by atoms with Crippen LogP contribution in [0.1, 0.15) is 41.6 Å². The highest BCUT2D eigenvalue weighted by Crippen LogP contribution is 2.18. The lowest BCUT2D eigenvalue weighted by molar-refractivity contribution is -0.151. The highest BCUT2D eigenvalue weighted by Gasteiger charge is 2.28. The Labute approximate surface area is 180 Å². The molecule has 1 aromatic carbocycles. The zero-order valence-corrected chi connectivity index (χ0v) is 18.0. The lowest BCUT2D eigenvalue weighted by Gasteiger charge is -2.21. The van der Waals surface area contributed by atoms with Gasteiger partial charge in [-0.2, -0.15) is 0 Å². The number of aryl methyl sites for hydroxylation is 1. The Morgan fingerprint density at radius 1 is 1.03 bits per heavy atom. The molecule has 0 saturated carbocycles. The number of para-hydroxylation sites is 1. The molecule has 0 radical (unpaired) electrons. The molecule has 31 heavy (non-hydrogen) atoms. The molecule has 2 rings (SSSR count). The summed E-state index contributed by atoms with van der Waals surface area (Å²) in [5, 5.41) is 4.79. The van der Waals surface area contributed by atoms with E-state index in [4.69, 9.17) is 9.47 Å². The Hall–Kier alpha value is -3.62. The number of amides is 3. The van der Waals surface area contributed by atoms with Gasteiger partial charge in [0.25, 0.3) is 17.7 Å². The standard InChI is InChI=1S/C22H27N3O6/c1-5-30-17-11-7-6-9-15(17)20(27)24-19(14(2)3)22(29)31-13-18(26)23-21(28)16-10-8-12-25(16)4/h6-12,14,19H,5,13H2,1-4H3,(H,24,27)(H,23,26,28)/t19-/m0/s1. The maximum Gasteiger partial charge on any atom is 0.329 e. The average molecular weight is 429 g/mol. The molecule has 0 aliphatic rings. The lowest BCUT2D eigenvalue weighted by Crippen LogP contribution is -2.46. The molecule has 1 atom stereocenters. The number of hydrogen-bond acceptors (Lipinski definition) is 6. The molecule has 1 heterocycles. The number of rotatable bonds is 9. The topological polar surface area (TPSA) is 116 Å². The van der Waals surface area contributed by atoms with Crippen molar-refractivity contribution in [2.45, 2.75) is 26.8 Å². The van der Waals surface area contributed by atoms with Crippen LogP contribution >= 0.6 is 0 Å². The van der Waals surface area contributed by atoms with Gasteiger partial charge in [-0.25, -0.2) is 4.79 Å². The summed E-state index contributed by atoms with van der Waals surface area (Å²) in [6.07, 6.45) is 1.67. The van der Waals surface area contributed by atoms with Crippen LogP contribution in [0.25, 0.3) is 0 Å². The minimum absolute atomic E-state index is 0.286. The summed E-state index contributed by atoms with van der Waals surface area (Å²) in [4.78, 5) is 49.2. The Balaban J connectivity index is 1.96. The van der Waals surface area contributed by atoms with E-state index in [2.05, 4.69) is 10.6 Å². The lowest BCUT2D eigenvalue weighted by atomic mass is 10.0. The number of hydrogen-bond donors (Lipinski definition) is 2. The van der Waals surface area contributed by atoms with Gasteiger partial charge in [-0.3, -0.25) is 19.7 Å². The monoisotopic (exact) mass is 429 g/mol. The Morgan fingerprint density at radius 2 is 1.74 bits per heavy atom. The van der Waals surface area contributed by atoms with Crippen molar-refractivity contribution in [3.8, 4) is 5.75 Å². The molecule has 2 aromatic rings. The molecule has 2 N–H and O–H groups in total. The first kappa shape index (κ1) is 23.7. The van der Waals surface area contributed by atoms with E-state index < -0.39 is 36.3 Å². The predicted octanol–water partition coefficient (Wildman–Crippen LogP) is 1.68. The summed E-state index contributed by atoms with van der Waals surface area (Å²) in [7, 11) is 1.67. The molecular formula is C22H27N3O6. The van der Waals surface area contributed by atoms with Gasteiger partial charge in [0.05, 0.1) is 12.2 Å². The van der Waals surface area contributed by atoms with Gasteiger partial charge in [0.2, 0.25) is 0 Å².